The molecule has 1 heterocycles. The summed E-state index contributed by atoms with van der Waals surface area (Å²) in [6.45, 7) is 1.99. The van der Waals surface area contributed by atoms with E-state index >= 15 is 0 Å². The second-order valence-electron chi connectivity index (χ2n) is 5.99. The van der Waals surface area contributed by atoms with Crippen molar-refractivity contribution >= 4 is 50.0 Å². The van der Waals surface area contributed by atoms with Crippen LogP contribution in [0.5, 0.6) is 0 Å². The van der Waals surface area contributed by atoms with E-state index < -0.39 is 9.84 Å². The molecule has 26 heavy (non-hydrogen) atoms. The molecule has 0 fully saturated rings. The topological polar surface area (TPSA) is 66.8 Å². The van der Waals surface area contributed by atoms with Gasteiger partial charge in [-0.05, 0) is 55.5 Å². The number of carbonyl (C=O) groups excluding carboxylic acids is 1. The standard InChI is InChI=1S/C18H17ClN2O3S2/c1-12-11-25-18(20-12)21(15-7-5-14(19)6-8-15)17(22)13-3-9-16(10-4-13)26(2,23)24/h3-10,12H,11H2,1-2H3/t12-/m1/s1. The van der Waals surface area contributed by atoms with E-state index in [-0.39, 0.29) is 16.8 Å². The van der Waals surface area contributed by atoms with Gasteiger partial charge >= 0.3 is 0 Å². The molecule has 0 spiro atoms. The molecule has 0 unspecified atom stereocenters. The molecule has 0 bridgehead atoms. The number of anilines is 1. The van der Waals surface area contributed by atoms with Crippen LogP contribution < -0.4 is 4.90 Å². The summed E-state index contributed by atoms with van der Waals surface area (Å²) in [7, 11) is -3.31. The lowest BCUT2D eigenvalue weighted by atomic mass is 10.2. The minimum absolute atomic E-state index is 0.130. The van der Waals surface area contributed by atoms with Crippen molar-refractivity contribution in [3.05, 3.63) is 59.1 Å². The average molecular weight is 409 g/mol. The molecule has 8 heteroatoms. The normalized spacial score (nSPS) is 17.0. The van der Waals surface area contributed by atoms with Gasteiger partial charge in [0.25, 0.3) is 5.91 Å². The lowest BCUT2D eigenvalue weighted by Gasteiger charge is -2.22. The largest absolute Gasteiger partial charge is 0.268 e. The van der Waals surface area contributed by atoms with E-state index in [0.29, 0.717) is 21.4 Å². The van der Waals surface area contributed by atoms with Crippen LogP contribution in [-0.2, 0) is 9.84 Å². The van der Waals surface area contributed by atoms with Gasteiger partial charge in [0.05, 0.1) is 16.6 Å². The number of halogens is 1. The SMILES string of the molecule is C[C@@H]1CSC(N(C(=O)c2ccc(S(C)(=O)=O)cc2)c2ccc(Cl)cc2)=N1. The van der Waals surface area contributed by atoms with Crippen LogP contribution in [0.1, 0.15) is 17.3 Å². The van der Waals surface area contributed by atoms with Crippen LogP contribution in [-0.4, -0.2) is 37.5 Å². The van der Waals surface area contributed by atoms with Gasteiger partial charge in [-0.2, -0.15) is 0 Å². The van der Waals surface area contributed by atoms with Crippen LogP contribution in [0.15, 0.2) is 58.4 Å². The highest BCUT2D eigenvalue weighted by molar-refractivity contribution is 8.14. The van der Waals surface area contributed by atoms with Crippen LogP contribution in [0.2, 0.25) is 5.02 Å². The number of aliphatic imine (C=N–C) groups is 1. The van der Waals surface area contributed by atoms with E-state index in [9.17, 15) is 13.2 Å². The summed E-state index contributed by atoms with van der Waals surface area (Å²) in [5, 5.41) is 1.20. The molecule has 2 aromatic rings. The van der Waals surface area contributed by atoms with Crippen LogP contribution in [0.4, 0.5) is 5.69 Å². The lowest BCUT2D eigenvalue weighted by molar-refractivity contribution is 0.100. The van der Waals surface area contributed by atoms with E-state index in [1.54, 1.807) is 29.2 Å². The average Bonchev–Trinajstić information content (AvgIpc) is 3.02. The molecular weight excluding hydrogens is 392 g/mol. The summed E-state index contributed by atoms with van der Waals surface area (Å²) >= 11 is 7.47. The molecule has 0 N–H and O–H groups in total. The van der Waals surface area contributed by atoms with E-state index in [1.807, 2.05) is 6.92 Å². The molecule has 3 rings (SSSR count). The molecule has 1 amide bonds. The van der Waals surface area contributed by atoms with Gasteiger partial charge in [0, 0.05) is 22.6 Å². The summed E-state index contributed by atoms with van der Waals surface area (Å²) in [6.07, 6.45) is 1.13. The summed E-state index contributed by atoms with van der Waals surface area (Å²) in [5.74, 6) is 0.535. The fourth-order valence-electron chi connectivity index (χ4n) is 2.46. The Hall–Kier alpha value is -1.83. The number of rotatable bonds is 3. The highest BCUT2D eigenvalue weighted by Crippen LogP contribution is 2.28. The first-order valence-corrected chi connectivity index (χ1v) is 11.1. The molecule has 2 aromatic carbocycles. The molecule has 0 aromatic heterocycles. The quantitative estimate of drug-likeness (QED) is 0.772. The third-order valence-electron chi connectivity index (χ3n) is 3.79. The zero-order valence-corrected chi connectivity index (χ0v) is 16.6. The molecule has 1 atom stereocenters. The first-order chi connectivity index (χ1) is 12.3. The highest BCUT2D eigenvalue weighted by atomic mass is 35.5. The van der Waals surface area contributed by atoms with Crippen LogP contribution in [0.25, 0.3) is 0 Å². The number of thioether (sulfide) groups is 1. The molecule has 136 valence electrons. The number of sulfone groups is 1. The van der Waals surface area contributed by atoms with Crippen molar-refractivity contribution in [2.24, 2.45) is 4.99 Å². The van der Waals surface area contributed by atoms with Gasteiger partial charge in [-0.25, -0.2) is 8.42 Å². The summed E-state index contributed by atoms with van der Waals surface area (Å²) in [5.41, 5.74) is 1.04. The fraction of sp³-hybridized carbons (Fsp3) is 0.222. The third kappa shape index (κ3) is 4.11. The van der Waals surface area contributed by atoms with Gasteiger partial charge in [-0.3, -0.25) is 14.7 Å². The molecule has 1 aliphatic heterocycles. The Morgan fingerprint density at radius 1 is 1.15 bits per heavy atom. The minimum Gasteiger partial charge on any atom is -0.268 e. The van der Waals surface area contributed by atoms with Crippen molar-refractivity contribution in [2.45, 2.75) is 17.9 Å². The Labute approximate surface area is 162 Å². The minimum atomic E-state index is -3.31. The molecular formula is C18H17ClN2O3S2. The van der Waals surface area contributed by atoms with Crippen molar-refractivity contribution < 1.29 is 13.2 Å². The summed E-state index contributed by atoms with van der Waals surface area (Å²) in [4.78, 5) is 19.4. The Bertz CT molecular complexity index is 955. The smallest absolute Gasteiger partial charge is 0.264 e. The second-order valence-corrected chi connectivity index (χ2v) is 9.42. The number of hydrogen-bond acceptors (Lipinski definition) is 5. The first-order valence-electron chi connectivity index (χ1n) is 7.86. The van der Waals surface area contributed by atoms with E-state index in [0.717, 1.165) is 12.0 Å². The Morgan fingerprint density at radius 3 is 2.27 bits per heavy atom. The summed E-state index contributed by atoms with van der Waals surface area (Å²) < 4.78 is 23.2. The Balaban J connectivity index is 2.00. The summed E-state index contributed by atoms with van der Waals surface area (Å²) in [6, 6.07) is 13.0. The van der Waals surface area contributed by atoms with Crippen molar-refractivity contribution in [1.82, 2.24) is 0 Å². The predicted molar refractivity (Wildman–Crippen MR) is 107 cm³/mol. The van der Waals surface area contributed by atoms with Gasteiger partial charge in [-0.15, -0.1) is 0 Å². The molecule has 1 aliphatic rings. The molecule has 0 aliphatic carbocycles. The maximum absolute atomic E-state index is 13.1. The maximum Gasteiger partial charge on any atom is 0.264 e. The van der Waals surface area contributed by atoms with Crippen molar-refractivity contribution in [3.63, 3.8) is 0 Å². The number of nitrogens with zero attached hydrogens (tertiary/aromatic N) is 2. The van der Waals surface area contributed by atoms with Gasteiger partial charge < -0.3 is 0 Å². The van der Waals surface area contributed by atoms with E-state index in [2.05, 4.69) is 4.99 Å². The van der Waals surface area contributed by atoms with E-state index in [4.69, 9.17) is 11.6 Å². The van der Waals surface area contributed by atoms with Crippen molar-refractivity contribution in [3.8, 4) is 0 Å². The monoisotopic (exact) mass is 408 g/mol. The van der Waals surface area contributed by atoms with Crippen LogP contribution >= 0.6 is 23.4 Å². The molecule has 0 saturated carbocycles. The number of benzene rings is 2. The number of hydrogen-bond donors (Lipinski definition) is 0. The zero-order chi connectivity index (χ0) is 18.9. The Morgan fingerprint density at radius 2 is 1.77 bits per heavy atom. The third-order valence-corrected chi connectivity index (χ3v) is 6.37. The second kappa shape index (κ2) is 7.42. The van der Waals surface area contributed by atoms with Gasteiger partial charge in [0.1, 0.15) is 0 Å². The van der Waals surface area contributed by atoms with Gasteiger partial charge in [0.2, 0.25) is 0 Å². The highest BCUT2D eigenvalue weighted by Gasteiger charge is 2.27. The number of amides is 1. The van der Waals surface area contributed by atoms with Crippen LogP contribution in [0, 0.1) is 0 Å². The van der Waals surface area contributed by atoms with Crippen LogP contribution in [0.3, 0.4) is 0 Å². The lowest BCUT2D eigenvalue weighted by Crippen LogP contribution is -2.34. The first kappa shape index (κ1) is 18.9. The fourth-order valence-corrected chi connectivity index (χ4v) is 4.25. The van der Waals surface area contributed by atoms with E-state index in [1.165, 1.54) is 36.0 Å². The van der Waals surface area contributed by atoms with Crippen molar-refractivity contribution in [2.75, 3.05) is 16.9 Å². The van der Waals surface area contributed by atoms with Crippen molar-refractivity contribution in [1.29, 1.82) is 0 Å². The van der Waals surface area contributed by atoms with Gasteiger partial charge in [-0.1, -0.05) is 23.4 Å². The number of carbonyl (C=O) groups is 1. The maximum atomic E-state index is 13.1. The molecule has 0 saturated heterocycles. The Kier molecular flexibility index (Phi) is 5.41. The predicted octanol–water partition coefficient (Wildman–Crippen LogP) is 3.88. The number of amidine groups is 1. The zero-order valence-electron chi connectivity index (χ0n) is 14.2. The molecule has 5 nitrogen and oxygen atoms in total. The molecule has 0 radical (unpaired) electrons. The van der Waals surface area contributed by atoms with Gasteiger partial charge in [0.15, 0.2) is 15.0 Å².